The molecule has 1 saturated heterocycles. The Balaban J connectivity index is 2.38. The van der Waals surface area contributed by atoms with E-state index >= 15 is 0 Å². The van der Waals surface area contributed by atoms with Gasteiger partial charge < -0.3 is 15.0 Å². The molecule has 1 amide bonds. The van der Waals surface area contributed by atoms with Crippen LogP contribution >= 0.6 is 0 Å². The lowest BCUT2D eigenvalue weighted by molar-refractivity contribution is -0.151. The fourth-order valence-corrected chi connectivity index (χ4v) is 2.14. The van der Waals surface area contributed by atoms with Crippen molar-refractivity contribution in [3.8, 4) is 0 Å². The van der Waals surface area contributed by atoms with E-state index in [9.17, 15) is 9.59 Å². The molecule has 0 aromatic rings. The van der Waals surface area contributed by atoms with Gasteiger partial charge >= 0.3 is 5.97 Å². The predicted octanol–water partition coefficient (Wildman–Crippen LogP) is 0.788. The Bertz CT molecular complexity index is 281. The number of hydrogen-bond acceptors (Lipinski definition) is 4. The van der Waals surface area contributed by atoms with Gasteiger partial charge in [-0.2, -0.15) is 0 Å². The highest BCUT2D eigenvalue weighted by molar-refractivity contribution is 5.80. The van der Waals surface area contributed by atoms with Gasteiger partial charge in [-0.15, -0.1) is 0 Å². The number of rotatable bonds is 6. The van der Waals surface area contributed by atoms with E-state index in [1.165, 1.54) is 0 Å². The molecule has 1 aliphatic rings. The lowest BCUT2D eigenvalue weighted by Gasteiger charge is -2.31. The molecule has 5 heteroatoms. The van der Waals surface area contributed by atoms with Crippen LogP contribution in [0.15, 0.2) is 0 Å². The third kappa shape index (κ3) is 4.64. The van der Waals surface area contributed by atoms with Gasteiger partial charge in [0.25, 0.3) is 0 Å². The zero-order chi connectivity index (χ0) is 13.4. The van der Waals surface area contributed by atoms with Crippen LogP contribution in [-0.4, -0.2) is 49.6 Å². The molecule has 5 nitrogen and oxygen atoms in total. The molecule has 0 radical (unpaired) electrons. The smallest absolute Gasteiger partial charge is 0.310 e. The van der Waals surface area contributed by atoms with Crippen molar-refractivity contribution in [3.05, 3.63) is 0 Å². The van der Waals surface area contributed by atoms with E-state index in [1.807, 2.05) is 0 Å². The maximum atomic E-state index is 11.9. The predicted molar refractivity (Wildman–Crippen MR) is 69.1 cm³/mol. The van der Waals surface area contributed by atoms with Crippen LogP contribution in [0.2, 0.25) is 0 Å². The Morgan fingerprint density at radius 3 is 2.83 bits per heavy atom. The molecule has 0 bridgehead atoms. The summed E-state index contributed by atoms with van der Waals surface area (Å²) in [6, 6.07) is 0. The first-order chi connectivity index (χ1) is 8.69. The van der Waals surface area contributed by atoms with E-state index in [0.717, 1.165) is 32.4 Å². The average molecular weight is 256 g/mol. The maximum absolute atomic E-state index is 11.9. The van der Waals surface area contributed by atoms with Crippen LogP contribution in [0.1, 0.15) is 33.1 Å². The molecule has 1 aliphatic heterocycles. The summed E-state index contributed by atoms with van der Waals surface area (Å²) in [5, 5.41) is 3.09. The number of carbonyl (C=O) groups is 2. The van der Waals surface area contributed by atoms with Gasteiger partial charge in [-0.05, 0) is 32.7 Å². The van der Waals surface area contributed by atoms with Gasteiger partial charge in [0, 0.05) is 13.1 Å². The molecule has 18 heavy (non-hydrogen) atoms. The molecule has 104 valence electrons. The van der Waals surface area contributed by atoms with Crippen molar-refractivity contribution in [1.82, 2.24) is 10.2 Å². The fraction of sp³-hybridized carbons (Fsp3) is 0.846. The van der Waals surface area contributed by atoms with Crippen LogP contribution in [-0.2, 0) is 14.3 Å². The highest BCUT2D eigenvalue weighted by atomic mass is 16.5. The summed E-state index contributed by atoms with van der Waals surface area (Å²) in [5.41, 5.74) is 0. The van der Waals surface area contributed by atoms with Crippen molar-refractivity contribution in [2.45, 2.75) is 33.1 Å². The number of amides is 1. The Morgan fingerprint density at radius 2 is 2.17 bits per heavy atom. The first-order valence-electron chi connectivity index (χ1n) is 6.84. The molecule has 0 aliphatic carbocycles. The van der Waals surface area contributed by atoms with Crippen LogP contribution in [0.25, 0.3) is 0 Å². The Kier molecular flexibility index (Phi) is 6.72. The second kappa shape index (κ2) is 8.08. The van der Waals surface area contributed by atoms with Crippen LogP contribution in [0.5, 0.6) is 0 Å². The lowest BCUT2D eigenvalue weighted by Crippen LogP contribution is -2.46. The number of ether oxygens (including phenoxy) is 1. The van der Waals surface area contributed by atoms with Crippen LogP contribution in [0.3, 0.4) is 0 Å². The topological polar surface area (TPSA) is 58.6 Å². The quantitative estimate of drug-likeness (QED) is 0.564. The minimum atomic E-state index is -0.170. The van der Waals surface area contributed by atoms with Crippen LogP contribution in [0.4, 0.5) is 0 Å². The summed E-state index contributed by atoms with van der Waals surface area (Å²) >= 11 is 0. The molecule has 0 spiro atoms. The Hall–Kier alpha value is -1.10. The molecule has 1 N–H and O–H groups in total. The number of nitrogens with one attached hydrogen (secondary N) is 1. The molecule has 1 rings (SSSR count). The number of likely N-dealkylation sites (tertiary alicyclic amines) is 1. The SMILES string of the molecule is CCCNCC(=O)N1CCCC(C(=O)OCC)C1. The van der Waals surface area contributed by atoms with Crippen molar-refractivity contribution in [2.24, 2.45) is 5.92 Å². The molecular formula is C13H24N2O3. The van der Waals surface area contributed by atoms with Crippen molar-refractivity contribution in [2.75, 3.05) is 32.8 Å². The molecule has 0 aromatic carbocycles. The van der Waals surface area contributed by atoms with E-state index in [0.29, 0.717) is 19.7 Å². The van der Waals surface area contributed by atoms with Gasteiger partial charge in [0.15, 0.2) is 0 Å². The number of hydrogen-bond donors (Lipinski definition) is 1. The van der Waals surface area contributed by atoms with Gasteiger partial charge in [-0.3, -0.25) is 9.59 Å². The largest absolute Gasteiger partial charge is 0.466 e. The average Bonchev–Trinajstić information content (AvgIpc) is 2.39. The summed E-state index contributed by atoms with van der Waals surface area (Å²) < 4.78 is 5.02. The lowest BCUT2D eigenvalue weighted by atomic mass is 9.98. The second-order valence-corrected chi connectivity index (χ2v) is 4.61. The Labute approximate surface area is 109 Å². The molecule has 1 atom stereocenters. The zero-order valence-electron chi connectivity index (χ0n) is 11.4. The zero-order valence-corrected chi connectivity index (χ0v) is 11.4. The van der Waals surface area contributed by atoms with E-state index < -0.39 is 0 Å². The molecule has 1 heterocycles. The van der Waals surface area contributed by atoms with Crippen molar-refractivity contribution >= 4 is 11.9 Å². The van der Waals surface area contributed by atoms with Crippen LogP contribution < -0.4 is 5.32 Å². The fourth-order valence-electron chi connectivity index (χ4n) is 2.14. The molecule has 1 unspecified atom stereocenters. The summed E-state index contributed by atoms with van der Waals surface area (Å²) in [6.07, 6.45) is 2.72. The highest BCUT2D eigenvalue weighted by Gasteiger charge is 2.28. The normalized spacial score (nSPS) is 19.7. The van der Waals surface area contributed by atoms with E-state index in [2.05, 4.69) is 12.2 Å². The Morgan fingerprint density at radius 1 is 1.39 bits per heavy atom. The van der Waals surface area contributed by atoms with Gasteiger partial charge in [0.1, 0.15) is 0 Å². The monoisotopic (exact) mass is 256 g/mol. The first kappa shape index (κ1) is 15.0. The summed E-state index contributed by atoms with van der Waals surface area (Å²) in [7, 11) is 0. The molecule has 1 fully saturated rings. The molecule has 0 aromatic heterocycles. The second-order valence-electron chi connectivity index (χ2n) is 4.61. The number of piperidine rings is 1. The van der Waals surface area contributed by atoms with Crippen molar-refractivity contribution in [1.29, 1.82) is 0 Å². The minimum Gasteiger partial charge on any atom is -0.466 e. The van der Waals surface area contributed by atoms with Gasteiger partial charge in [-0.25, -0.2) is 0 Å². The van der Waals surface area contributed by atoms with Gasteiger partial charge in [0.2, 0.25) is 5.91 Å². The number of nitrogens with zero attached hydrogens (tertiary/aromatic N) is 1. The van der Waals surface area contributed by atoms with E-state index in [-0.39, 0.29) is 17.8 Å². The maximum Gasteiger partial charge on any atom is 0.310 e. The summed E-state index contributed by atoms with van der Waals surface area (Å²) in [5.74, 6) is -0.234. The van der Waals surface area contributed by atoms with Crippen molar-refractivity contribution < 1.29 is 14.3 Å². The standard InChI is InChI=1S/C13H24N2O3/c1-3-7-14-9-12(16)15-8-5-6-11(10-15)13(17)18-4-2/h11,14H,3-10H2,1-2H3. The first-order valence-corrected chi connectivity index (χ1v) is 6.84. The summed E-state index contributed by atoms with van der Waals surface area (Å²) in [6.45, 7) is 6.74. The third-order valence-corrected chi connectivity index (χ3v) is 3.10. The van der Waals surface area contributed by atoms with E-state index in [1.54, 1.807) is 11.8 Å². The van der Waals surface area contributed by atoms with Crippen molar-refractivity contribution in [3.63, 3.8) is 0 Å². The molecule has 0 saturated carbocycles. The number of esters is 1. The minimum absolute atomic E-state index is 0.0810. The summed E-state index contributed by atoms with van der Waals surface area (Å²) in [4.78, 5) is 25.3. The van der Waals surface area contributed by atoms with E-state index in [4.69, 9.17) is 4.74 Å². The third-order valence-electron chi connectivity index (χ3n) is 3.10. The molecular weight excluding hydrogens is 232 g/mol. The van der Waals surface area contributed by atoms with Gasteiger partial charge in [0.05, 0.1) is 19.1 Å². The van der Waals surface area contributed by atoms with Crippen LogP contribution in [0, 0.1) is 5.92 Å². The van der Waals surface area contributed by atoms with Gasteiger partial charge in [-0.1, -0.05) is 6.92 Å². The highest BCUT2D eigenvalue weighted by Crippen LogP contribution is 2.17. The number of carbonyl (C=O) groups excluding carboxylic acids is 2.